The molecule has 2 rings (SSSR count). The Balaban J connectivity index is 2.20. The lowest BCUT2D eigenvalue weighted by atomic mass is 10.2. The Kier molecular flexibility index (Phi) is 2.59. The molecule has 1 atom stereocenters. The molecule has 76 valence electrons. The van der Waals surface area contributed by atoms with E-state index >= 15 is 0 Å². The van der Waals surface area contributed by atoms with Crippen LogP contribution in [0, 0.1) is 0 Å². The average Bonchev–Trinajstić information content (AvgIpc) is 2.18. The summed E-state index contributed by atoms with van der Waals surface area (Å²) in [4.78, 5) is 2.20. The van der Waals surface area contributed by atoms with Crippen LogP contribution in [0.25, 0.3) is 0 Å². The minimum Gasteiger partial charge on any atom is -0.484 e. The van der Waals surface area contributed by atoms with Crippen molar-refractivity contribution in [3.8, 4) is 5.75 Å². The molecule has 0 fully saturated rings. The maximum atomic E-state index is 5.78. The molecule has 1 aliphatic heterocycles. The zero-order chi connectivity index (χ0) is 9.97. The highest BCUT2D eigenvalue weighted by Crippen LogP contribution is 2.31. The normalized spacial score (nSPS) is 20.1. The third-order valence-corrected chi connectivity index (χ3v) is 2.40. The molecule has 0 amide bonds. The van der Waals surface area contributed by atoms with E-state index in [1.54, 1.807) is 7.11 Å². The van der Waals surface area contributed by atoms with Gasteiger partial charge in [-0.3, -0.25) is 0 Å². The fourth-order valence-corrected chi connectivity index (χ4v) is 1.77. The smallest absolute Gasteiger partial charge is 0.143 e. The minimum absolute atomic E-state index is 0.139. The van der Waals surface area contributed by atoms with E-state index in [-0.39, 0.29) is 6.10 Å². The number of benzene rings is 1. The van der Waals surface area contributed by atoms with Gasteiger partial charge in [-0.05, 0) is 12.1 Å². The summed E-state index contributed by atoms with van der Waals surface area (Å²) in [5.74, 6) is 0.948. The first kappa shape index (κ1) is 9.34. The van der Waals surface area contributed by atoms with Crippen LogP contribution in [0.3, 0.4) is 0 Å². The van der Waals surface area contributed by atoms with Gasteiger partial charge in [0.25, 0.3) is 0 Å². The van der Waals surface area contributed by atoms with Gasteiger partial charge in [0.15, 0.2) is 0 Å². The molecule has 1 aliphatic rings. The first-order valence-corrected chi connectivity index (χ1v) is 4.77. The van der Waals surface area contributed by atoms with Crippen LogP contribution in [-0.2, 0) is 4.74 Å². The van der Waals surface area contributed by atoms with Crippen molar-refractivity contribution < 1.29 is 9.47 Å². The molecule has 0 bridgehead atoms. The molecule has 0 saturated carbocycles. The highest BCUT2D eigenvalue weighted by atomic mass is 16.5. The average molecular weight is 193 g/mol. The van der Waals surface area contributed by atoms with Gasteiger partial charge in [-0.15, -0.1) is 0 Å². The number of rotatable bonds is 2. The number of anilines is 1. The minimum atomic E-state index is 0.139. The number of nitrogens with zero attached hydrogens (tertiary/aromatic N) is 1. The Morgan fingerprint density at radius 3 is 3.07 bits per heavy atom. The van der Waals surface area contributed by atoms with Crippen molar-refractivity contribution in [2.75, 3.05) is 32.2 Å². The molecule has 0 N–H and O–H groups in total. The molecule has 0 aliphatic carbocycles. The van der Waals surface area contributed by atoms with Gasteiger partial charge in [-0.25, -0.2) is 0 Å². The van der Waals surface area contributed by atoms with E-state index in [1.807, 2.05) is 18.2 Å². The van der Waals surface area contributed by atoms with E-state index in [4.69, 9.17) is 9.47 Å². The molecule has 0 aromatic heterocycles. The highest BCUT2D eigenvalue weighted by Gasteiger charge is 2.22. The van der Waals surface area contributed by atoms with Crippen LogP contribution in [0.1, 0.15) is 0 Å². The summed E-state index contributed by atoms with van der Waals surface area (Å²) >= 11 is 0. The lowest BCUT2D eigenvalue weighted by Gasteiger charge is -2.33. The van der Waals surface area contributed by atoms with Gasteiger partial charge in [0.2, 0.25) is 0 Å². The van der Waals surface area contributed by atoms with Crippen LogP contribution in [0.4, 0.5) is 5.69 Å². The molecule has 0 radical (unpaired) electrons. The number of methoxy groups -OCH3 is 1. The van der Waals surface area contributed by atoms with Gasteiger partial charge >= 0.3 is 0 Å². The summed E-state index contributed by atoms with van der Waals surface area (Å²) in [7, 11) is 3.77. The third-order valence-electron chi connectivity index (χ3n) is 2.40. The quantitative estimate of drug-likeness (QED) is 0.711. The summed E-state index contributed by atoms with van der Waals surface area (Å²) in [6.45, 7) is 1.52. The van der Waals surface area contributed by atoms with E-state index in [9.17, 15) is 0 Å². The van der Waals surface area contributed by atoms with Crippen LogP contribution in [0.5, 0.6) is 5.75 Å². The molecule has 0 saturated heterocycles. The molecule has 14 heavy (non-hydrogen) atoms. The Labute approximate surface area is 84.2 Å². The summed E-state index contributed by atoms with van der Waals surface area (Å²) < 4.78 is 10.9. The Morgan fingerprint density at radius 2 is 2.29 bits per heavy atom. The molecule has 1 heterocycles. The molecule has 3 nitrogen and oxygen atoms in total. The van der Waals surface area contributed by atoms with Gasteiger partial charge in [0, 0.05) is 14.2 Å². The van der Waals surface area contributed by atoms with Crippen molar-refractivity contribution in [1.29, 1.82) is 0 Å². The lowest BCUT2D eigenvalue weighted by Crippen LogP contribution is -2.40. The zero-order valence-corrected chi connectivity index (χ0v) is 8.56. The first-order valence-electron chi connectivity index (χ1n) is 4.77. The van der Waals surface area contributed by atoms with Gasteiger partial charge in [0.1, 0.15) is 11.9 Å². The lowest BCUT2D eigenvalue weighted by molar-refractivity contribution is 0.0801. The van der Waals surface area contributed by atoms with Crippen molar-refractivity contribution in [1.82, 2.24) is 0 Å². The maximum absolute atomic E-state index is 5.78. The second kappa shape index (κ2) is 3.88. The Bertz CT molecular complexity index is 314. The predicted molar refractivity (Wildman–Crippen MR) is 56.0 cm³/mol. The Hall–Kier alpha value is -1.22. The van der Waals surface area contributed by atoms with Crippen LogP contribution in [-0.4, -0.2) is 33.4 Å². The first-order chi connectivity index (χ1) is 6.81. The van der Waals surface area contributed by atoms with Crippen LogP contribution in [0.2, 0.25) is 0 Å². The zero-order valence-electron chi connectivity index (χ0n) is 8.56. The molecular formula is C11H15NO2. The molecule has 0 unspecified atom stereocenters. The summed E-state index contributed by atoms with van der Waals surface area (Å²) in [6.07, 6.45) is 0.139. The van der Waals surface area contributed by atoms with E-state index in [2.05, 4.69) is 18.0 Å². The van der Waals surface area contributed by atoms with Gasteiger partial charge in [-0.1, -0.05) is 12.1 Å². The van der Waals surface area contributed by atoms with Gasteiger partial charge in [-0.2, -0.15) is 0 Å². The molecule has 3 heteroatoms. The molecule has 0 spiro atoms. The standard InChI is InChI=1S/C11H15NO2/c1-12-7-9(8-13-2)14-11-6-4-3-5-10(11)12/h3-6,9H,7-8H2,1-2H3/t9-/m1/s1. The number of hydrogen-bond donors (Lipinski definition) is 0. The third kappa shape index (κ3) is 1.68. The topological polar surface area (TPSA) is 21.7 Å². The largest absolute Gasteiger partial charge is 0.484 e. The number of fused-ring (bicyclic) bond motifs is 1. The fourth-order valence-electron chi connectivity index (χ4n) is 1.77. The number of hydrogen-bond acceptors (Lipinski definition) is 3. The highest BCUT2D eigenvalue weighted by molar-refractivity contribution is 5.59. The van der Waals surface area contributed by atoms with Crippen LogP contribution >= 0.6 is 0 Å². The van der Waals surface area contributed by atoms with Gasteiger partial charge in [0.05, 0.1) is 18.8 Å². The monoisotopic (exact) mass is 193 g/mol. The molecule has 1 aromatic carbocycles. The summed E-state index contributed by atoms with van der Waals surface area (Å²) in [6, 6.07) is 8.07. The summed E-state index contributed by atoms with van der Waals surface area (Å²) in [5, 5.41) is 0. The molecule has 1 aromatic rings. The number of para-hydroxylation sites is 2. The summed E-state index contributed by atoms with van der Waals surface area (Å²) in [5.41, 5.74) is 1.15. The van der Waals surface area contributed by atoms with E-state index in [0.29, 0.717) is 6.61 Å². The van der Waals surface area contributed by atoms with Crippen LogP contribution in [0.15, 0.2) is 24.3 Å². The SMILES string of the molecule is COC[C@H]1CN(C)c2ccccc2O1. The van der Waals surface area contributed by atoms with Crippen LogP contribution < -0.4 is 9.64 Å². The predicted octanol–water partition coefficient (Wildman–Crippen LogP) is 1.53. The van der Waals surface area contributed by atoms with Crippen molar-refractivity contribution >= 4 is 5.69 Å². The van der Waals surface area contributed by atoms with E-state index in [0.717, 1.165) is 18.0 Å². The fraction of sp³-hybridized carbons (Fsp3) is 0.455. The Morgan fingerprint density at radius 1 is 1.50 bits per heavy atom. The van der Waals surface area contributed by atoms with Crippen molar-refractivity contribution in [2.24, 2.45) is 0 Å². The van der Waals surface area contributed by atoms with E-state index < -0.39 is 0 Å². The molecular weight excluding hydrogens is 178 g/mol. The van der Waals surface area contributed by atoms with Crippen molar-refractivity contribution in [3.05, 3.63) is 24.3 Å². The van der Waals surface area contributed by atoms with E-state index in [1.165, 1.54) is 0 Å². The maximum Gasteiger partial charge on any atom is 0.143 e. The van der Waals surface area contributed by atoms with Crippen molar-refractivity contribution in [2.45, 2.75) is 6.10 Å². The second-order valence-corrected chi connectivity index (χ2v) is 3.54. The number of likely N-dealkylation sites (N-methyl/N-ethyl adjacent to an activating group) is 1. The number of ether oxygens (including phenoxy) is 2. The van der Waals surface area contributed by atoms with Crippen molar-refractivity contribution in [3.63, 3.8) is 0 Å². The van der Waals surface area contributed by atoms with Gasteiger partial charge < -0.3 is 14.4 Å². The second-order valence-electron chi connectivity index (χ2n) is 3.54.